The number of rotatable bonds is 3. The van der Waals surface area contributed by atoms with Crippen molar-refractivity contribution in [1.82, 2.24) is 0 Å². The first-order chi connectivity index (χ1) is 7.22. The van der Waals surface area contributed by atoms with E-state index < -0.39 is 0 Å². The van der Waals surface area contributed by atoms with E-state index in [2.05, 4.69) is 0 Å². The second-order valence-corrected chi connectivity index (χ2v) is 2.74. The maximum Gasteiger partial charge on any atom is 0.169 e. The number of anilines is 1. The average Bonchev–Trinajstić information content (AvgIpc) is 2.30. The number of nitrogens with two attached hydrogens (primary N) is 2. The summed E-state index contributed by atoms with van der Waals surface area (Å²) in [6.07, 6.45) is 1.67. The van der Waals surface area contributed by atoms with Crippen LogP contribution in [0.3, 0.4) is 0 Å². The van der Waals surface area contributed by atoms with E-state index in [4.69, 9.17) is 16.8 Å². The summed E-state index contributed by atoms with van der Waals surface area (Å²) in [4.78, 5) is 10.6. The van der Waals surface area contributed by atoms with Crippen molar-refractivity contribution in [3.05, 3.63) is 41.7 Å². The number of benzene rings is 1. The molecule has 0 heterocycles. The van der Waals surface area contributed by atoms with Gasteiger partial charge in [0.2, 0.25) is 0 Å². The molecule has 5 nitrogen and oxygen atoms in total. The fourth-order valence-electron chi connectivity index (χ4n) is 1.02. The van der Waals surface area contributed by atoms with Crippen LogP contribution in [0.5, 0.6) is 0 Å². The highest BCUT2D eigenvalue weighted by atomic mass is 16.1. The first-order valence-corrected chi connectivity index (χ1v) is 4.15. The number of aldehydes is 1. The maximum absolute atomic E-state index is 10.6. The van der Waals surface area contributed by atoms with Crippen LogP contribution in [-0.2, 0) is 4.79 Å². The van der Waals surface area contributed by atoms with E-state index >= 15 is 0 Å². The number of nitrogens with zero attached hydrogens (tertiary/aromatic N) is 2. The van der Waals surface area contributed by atoms with Crippen LogP contribution in [0.15, 0.2) is 36.2 Å². The number of carbonyl (C=O) groups excluding carboxylic acids is 1. The van der Waals surface area contributed by atoms with Crippen LogP contribution in [0, 0.1) is 11.3 Å². The smallest absolute Gasteiger partial charge is 0.169 e. The second kappa shape index (κ2) is 4.79. The van der Waals surface area contributed by atoms with E-state index in [0.29, 0.717) is 17.5 Å². The van der Waals surface area contributed by atoms with Crippen molar-refractivity contribution in [1.29, 1.82) is 5.26 Å². The Bertz CT molecular complexity index is 416. The van der Waals surface area contributed by atoms with Gasteiger partial charge in [0.1, 0.15) is 5.70 Å². The van der Waals surface area contributed by atoms with Crippen molar-refractivity contribution in [2.24, 2.45) is 11.6 Å². The number of hydrogen-bond acceptors (Lipinski definition) is 5. The number of hydrogen-bond donors (Lipinski definition) is 2. The molecule has 1 aromatic carbocycles. The molecule has 0 saturated heterocycles. The highest BCUT2D eigenvalue weighted by Gasteiger charge is 2.05. The van der Waals surface area contributed by atoms with Gasteiger partial charge in [-0.05, 0) is 24.3 Å². The lowest BCUT2D eigenvalue weighted by Gasteiger charge is -2.17. The number of carbonyl (C=O) groups is 1. The highest BCUT2D eigenvalue weighted by molar-refractivity contribution is 5.79. The SMILES string of the molecule is N#Cc1ccc(N(N)/C(C=O)=C\N)cc1. The Labute approximate surface area is 87.2 Å². The largest absolute Gasteiger partial charge is 0.403 e. The molecule has 4 N–H and O–H groups in total. The van der Waals surface area contributed by atoms with Gasteiger partial charge in [0, 0.05) is 6.20 Å². The lowest BCUT2D eigenvalue weighted by atomic mass is 10.2. The topological polar surface area (TPSA) is 96.1 Å². The highest BCUT2D eigenvalue weighted by Crippen LogP contribution is 2.14. The number of allylic oxidation sites excluding steroid dienone is 1. The van der Waals surface area contributed by atoms with Gasteiger partial charge in [-0.2, -0.15) is 5.26 Å². The molecule has 0 spiro atoms. The molecule has 0 fully saturated rings. The third kappa shape index (κ3) is 2.33. The minimum Gasteiger partial charge on any atom is -0.403 e. The van der Waals surface area contributed by atoms with Crippen LogP contribution in [-0.4, -0.2) is 6.29 Å². The van der Waals surface area contributed by atoms with Crippen LogP contribution >= 0.6 is 0 Å². The summed E-state index contributed by atoms with van der Waals surface area (Å²) >= 11 is 0. The van der Waals surface area contributed by atoms with Crippen molar-refractivity contribution in [3.63, 3.8) is 0 Å². The van der Waals surface area contributed by atoms with E-state index in [-0.39, 0.29) is 5.70 Å². The average molecular weight is 202 g/mol. The van der Waals surface area contributed by atoms with Gasteiger partial charge < -0.3 is 5.73 Å². The molecule has 0 amide bonds. The summed E-state index contributed by atoms with van der Waals surface area (Å²) in [6.45, 7) is 0. The summed E-state index contributed by atoms with van der Waals surface area (Å²) in [6, 6.07) is 8.45. The zero-order valence-electron chi connectivity index (χ0n) is 7.92. The zero-order valence-corrected chi connectivity index (χ0v) is 7.92. The van der Waals surface area contributed by atoms with E-state index in [1.54, 1.807) is 24.3 Å². The van der Waals surface area contributed by atoms with Crippen LogP contribution in [0.1, 0.15) is 5.56 Å². The third-order valence-corrected chi connectivity index (χ3v) is 1.84. The molecule has 1 aromatic rings. The molecule has 0 aliphatic carbocycles. The lowest BCUT2D eigenvalue weighted by molar-refractivity contribution is -0.105. The van der Waals surface area contributed by atoms with Crippen molar-refractivity contribution in [3.8, 4) is 6.07 Å². The lowest BCUT2D eigenvalue weighted by Crippen LogP contribution is -2.31. The molecule has 0 aliphatic rings. The third-order valence-electron chi connectivity index (χ3n) is 1.84. The van der Waals surface area contributed by atoms with Crippen LogP contribution in [0.2, 0.25) is 0 Å². The monoisotopic (exact) mass is 202 g/mol. The summed E-state index contributed by atoms with van der Waals surface area (Å²) in [5.74, 6) is 5.62. The summed E-state index contributed by atoms with van der Waals surface area (Å²) in [5, 5.41) is 9.73. The van der Waals surface area contributed by atoms with E-state index in [1.165, 1.54) is 0 Å². The molecule has 76 valence electrons. The quantitative estimate of drug-likeness (QED) is 0.317. The van der Waals surface area contributed by atoms with Gasteiger partial charge >= 0.3 is 0 Å². The standard InChI is InChI=1S/C10H10N4O/c11-5-8-1-3-9(4-2-8)14(13)10(6-12)7-15/h1-4,6-7H,12-13H2/b10-6-. The molecule has 0 unspecified atom stereocenters. The molecule has 0 aromatic heterocycles. The van der Waals surface area contributed by atoms with Gasteiger partial charge in [-0.3, -0.25) is 9.80 Å². The molecular weight excluding hydrogens is 192 g/mol. The van der Waals surface area contributed by atoms with Crippen LogP contribution in [0.4, 0.5) is 5.69 Å². The van der Waals surface area contributed by atoms with Crippen LogP contribution < -0.4 is 16.6 Å². The molecule has 15 heavy (non-hydrogen) atoms. The minimum atomic E-state index is 0.153. The zero-order chi connectivity index (χ0) is 11.3. The maximum atomic E-state index is 10.6. The first kappa shape index (κ1) is 10.8. The predicted molar refractivity (Wildman–Crippen MR) is 56.2 cm³/mol. The Kier molecular flexibility index (Phi) is 3.43. The number of hydrazine groups is 1. The Morgan fingerprint density at radius 3 is 2.40 bits per heavy atom. The van der Waals surface area contributed by atoms with Crippen LogP contribution in [0.25, 0.3) is 0 Å². The number of nitriles is 1. The Hall–Kier alpha value is -2.32. The van der Waals surface area contributed by atoms with Crippen molar-refractivity contribution >= 4 is 12.0 Å². The molecule has 1 rings (SSSR count). The fraction of sp³-hybridized carbons (Fsp3) is 0. The summed E-state index contributed by atoms with van der Waals surface area (Å²) in [7, 11) is 0. The van der Waals surface area contributed by atoms with Gasteiger partial charge in [-0.25, -0.2) is 5.84 Å². The Morgan fingerprint density at radius 1 is 1.40 bits per heavy atom. The van der Waals surface area contributed by atoms with Gasteiger partial charge in [0.05, 0.1) is 17.3 Å². The summed E-state index contributed by atoms with van der Waals surface area (Å²) < 4.78 is 0. The molecular formula is C10H10N4O. The van der Waals surface area contributed by atoms with E-state index in [9.17, 15) is 4.79 Å². The molecule has 5 heteroatoms. The minimum absolute atomic E-state index is 0.153. The molecule has 0 bridgehead atoms. The van der Waals surface area contributed by atoms with Gasteiger partial charge in [0.25, 0.3) is 0 Å². The Balaban J connectivity index is 2.97. The molecule has 0 aliphatic heterocycles. The van der Waals surface area contributed by atoms with Gasteiger partial charge in [-0.15, -0.1) is 0 Å². The van der Waals surface area contributed by atoms with Gasteiger partial charge in [-0.1, -0.05) is 0 Å². The molecule has 0 radical (unpaired) electrons. The van der Waals surface area contributed by atoms with Crippen molar-refractivity contribution in [2.45, 2.75) is 0 Å². The van der Waals surface area contributed by atoms with Crippen molar-refractivity contribution in [2.75, 3.05) is 5.01 Å². The van der Waals surface area contributed by atoms with Gasteiger partial charge in [0.15, 0.2) is 6.29 Å². The normalized spacial score (nSPS) is 10.5. The molecule has 0 saturated carbocycles. The fourth-order valence-corrected chi connectivity index (χ4v) is 1.02. The first-order valence-electron chi connectivity index (χ1n) is 4.15. The van der Waals surface area contributed by atoms with E-state index in [0.717, 1.165) is 11.2 Å². The predicted octanol–water partition coefficient (Wildman–Crippen LogP) is 0.237. The summed E-state index contributed by atoms with van der Waals surface area (Å²) in [5.41, 5.74) is 6.47. The second-order valence-electron chi connectivity index (χ2n) is 2.74. The Morgan fingerprint density at radius 2 is 2.00 bits per heavy atom. The molecule has 0 atom stereocenters. The van der Waals surface area contributed by atoms with E-state index in [1.807, 2.05) is 6.07 Å². The van der Waals surface area contributed by atoms with Crippen molar-refractivity contribution < 1.29 is 4.79 Å².